The summed E-state index contributed by atoms with van der Waals surface area (Å²) in [6, 6.07) is 10.6. The minimum atomic E-state index is -0.600. The first-order valence-electron chi connectivity index (χ1n) is 7.35. The quantitative estimate of drug-likeness (QED) is 0.814. The molecule has 2 aromatic rings. The summed E-state index contributed by atoms with van der Waals surface area (Å²) in [5.74, 6) is -1.35. The van der Waals surface area contributed by atoms with Gasteiger partial charge in [0.1, 0.15) is 5.82 Å². The van der Waals surface area contributed by atoms with E-state index >= 15 is 0 Å². The number of carbonyl (C=O) groups excluding carboxylic acids is 2. The van der Waals surface area contributed by atoms with E-state index < -0.39 is 11.7 Å². The summed E-state index contributed by atoms with van der Waals surface area (Å²) in [6.45, 7) is 5.68. The molecular formula is C18H18BrFN2O2. The summed E-state index contributed by atoms with van der Waals surface area (Å²) >= 11 is 3.21. The average Bonchev–Trinajstić information content (AvgIpc) is 2.48. The molecule has 2 amide bonds. The molecule has 4 nitrogen and oxygen atoms in total. The Kier molecular flexibility index (Phi) is 5.39. The lowest BCUT2D eigenvalue weighted by molar-refractivity contribution is 0.0919. The summed E-state index contributed by atoms with van der Waals surface area (Å²) < 4.78 is 14.3. The maximum absolute atomic E-state index is 13.7. The predicted octanol–water partition coefficient (Wildman–Crippen LogP) is 4.37. The Morgan fingerprint density at radius 1 is 1.00 bits per heavy atom. The summed E-state index contributed by atoms with van der Waals surface area (Å²) in [5.41, 5.74) is 0.574. The molecule has 0 radical (unpaired) electrons. The highest BCUT2D eigenvalue weighted by Crippen LogP contribution is 2.18. The Hall–Kier alpha value is -2.21. The fourth-order valence-electron chi connectivity index (χ4n) is 1.99. The molecule has 2 aromatic carbocycles. The Balaban J connectivity index is 2.10. The monoisotopic (exact) mass is 392 g/mol. The Labute approximate surface area is 148 Å². The summed E-state index contributed by atoms with van der Waals surface area (Å²) in [4.78, 5) is 24.2. The number of benzene rings is 2. The zero-order valence-electron chi connectivity index (χ0n) is 13.6. The van der Waals surface area contributed by atoms with E-state index in [-0.39, 0.29) is 17.0 Å². The highest BCUT2D eigenvalue weighted by molar-refractivity contribution is 9.10. The van der Waals surface area contributed by atoms with Crippen LogP contribution in [0.1, 0.15) is 41.5 Å². The second-order valence-corrected chi connectivity index (χ2v) is 7.28. The van der Waals surface area contributed by atoms with Crippen molar-refractivity contribution in [3.05, 3.63) is 63.9 Å². The van der Waals surface area contributed by atoms with Gasteiger partial charge in [-0.05, 0) is 63.2 Å². The third kappa shape index (κ3) is 4.89. The molecule has 0 aromatic heterocycles. The number of amides is 2. The van der Waals surface area contributed by atoms with Crippen LogP contribution < -0.4 is 10.6 Å². The second kappa shape index (κ2) is 7.13. The number of nitrogens with one attached hydrogen (secondary N) is 2. The fourth-order valence-corrected chi connectivity index (χ4v) is 2.35. The van der Waals surface area contributed by atoms with Crippen molar-refractivity contribution in [1.82, 2.24) is 5.32 Å². The van der Waals surface area contributed by atoms with Gasteiger partial charge in [0.25, 0.3) is 11.8 Å². The molecule has 6 heteroatoms. The molecule has 2 N–H and O–H groups in total. The number of hydrogen-bond donors (Lipinski definition) is 2. The molecule has 0 saturated heterocycles. The van der Waals surface area contributed by atoms with E-state index in [0.29, 0.717) is 15.7 Å². The van der Waals surface area contributed by atoms with Crippen LogP contribution in [0.3, 0.4) is 0 Å². The largest absolute Gasteiger partial charge is 0.347 e. The average molecular weight is 393 g/mol. The van der Waals surface area contributed by atoms with Gasteiger partial charge in [-0.3, -0.25) is 9.59 Å². The molecule has 0 fully saturated rings. The highest BCUT2D eigenvalue weighted by atomic mass is 79.9. The van der Waals surface area contributed by atoms with E-state index in [1.165, 1.54) is 18.2 Å². The molecule has 0 saturated carbocycles. The smallest absolute Gasteiger partial charge is 0.258 e. The van der Waals surface area contributed by atoms with Crippen LogP contribution in [0.4, 0.5) is 10.1 Å². The molecule has 2 rings (SSSR count). The number of halogens is 2. The number of anilines is 1. The van der Waals surface area contributed by atoms with E-state index in [4.69, 9.17) is 0 Å². The minimum Gasteiger partial charge on any atom is -0.347 e. The molecule has 24 heavy (non-hydrogen) atoms. The van der Waals surface area contributed by atoms with Gasteiger partial charge in [0.2, 0.25) is 0 Å². The van der Waals surface area contributed by atoms with E-state index in [1.807, 2.05) is 20.8 Å². The van der Waals surface area contributed by atoms with Crippen molar-refractivity contribution in [2.75, 3.05) is 5.32 Å². The lowest BCUT2D eigenvalue weighted by Gasteiger charge is -2.20. The number of carbonyl (C=O) groups is 2. The summed E-state index contributed by atoms with van der Waals surface area (Å²) in [5, 5.41) is 5.46. The van der Waals surface area contributed by atoms with Crippen LogP contribution in [0.2, 0.25) is 0 Å². The van der Waals surface area contributed by atoms with E-state index in [9.17, 15) is 14.0 Å². The van der Waals surface area contributed by atoms with Crippen LogP contribution in [-0.2, 0) is 0 Å². The number of rotatable bonds is 3. The van der Waals surface area contributed by atoms with Crippen molar-refractivity contribution in [3.63, 3.8) is 0 Å². The molecule has 0 spiro atoms. The summed E-state index contributed by atoms with van der Waals surface area (Å²) in [6.07, 6.45) is 0. The van der Waals surface area contributed by atoms with Crippen molar-refractivity contribution in [1.29, 1.82) is 0 Å². The van der Waals surface area contributed by atoms with Gasteiger partial charge in [-0.15, -0.1) is 0 Å². The van der Waals surface area contributed by atoms with Gasteiger partial charge in [-0.25, -0.2) is 4.39 Å². The normalized spacial score (nSPS) is 11.0. The van der Waals surface area contributed by atoms with Crippen molar-refractivity contribution in [2.24, 2.45) is 0 Å². The molecule has 0 aliphatic heterocycles. The third-order valence-electron chi connectivity index (χ3n) is 3.07. The third-order valence-corrected chi connectivity index (χ3v) is 3.56. The van der Waals surface area contributed by atoms with Gasteiger partial charge in [-0.1, -0.05) is 15.9 Å². The predicted molar refractivity (Wildman–Crippen MR) is 95.7 cm³/mol. The van der Waals surface area contributed by atoms with E-state index in [2.05, 4.69) is 26.6 Å². The van der Waals surface area contributed by atoms with Crippen molar-refractivity contribution in [2.45, 2.75) is 26.3 Å². The van der Waals surface area contributed by atoms with E-state index in [0.717, 1.165) is 0 Å². The van der Waals surface area contributed by atoms with Crippen molar-refractivity contribution >= 4 is 33.4 Å². The van der Waals surface area contributed by atoms with Crippen LogP contribution in [0.5, 0.6) is 0 Å². The first-order chi connectivity index (χ1) is 11.2. The molecule has 0 bridgehead atoms. The van der Waals surface area contributed by atoms with Crippen LogP contribution in [0.15, 0.2) is 46.9 Å². The van der Waals surface area contributed by atoms with Gasteiger partial charge < -0.3 is 10.6 Å². The second-order valence-electron chi connectivity index (χ2n) is 6.36. The molecule has 0 unspecified atom stereocenters. The SMILES string of the molecule is CC(C)(C)NC(=O)c1ccc(NC(=O)c2cc(Br)ccc2F)cc1. The maximum atomic E-state index is 13.7. The lowest BCUT2D eigenvalue weighted by atomic mass is 10.1. The minimum absolute atomic E-state index is 0.0565. The van der Waals surface area contributed by atoms with Gasteiger partial charge in [0.15, 0.2) is 0 Å². The first kappa shape index (κ1) is 18.1. The molecule has 0 atom stereocenters. The van der Waals surface area contributed by atoms with Crippen LogP contribution in [0, 0.1) is 5.82 Å². The zero-order valence-corrected chi connectivity index (χ0v) is 15.2. The Morgan fingerprint density at radius 2 is 1.62 bits per heavy atom. The van der Waals surface area contributed by atoms with Crippen LogP contribution in [0.25, 0.3) is 0 Å². The molecule has 0 heterocycles. The molecule has 0 aliphatic carbocycles. The Morgan fingerprint density at radius 3 is 2.21 bits per heavy atom. The van der Waals surface area contributed by atoms with Gasteiger partial charge in [-0.2, -0.15) is 0 Å². The molecule has 126 valence electrons. The molecular weight excluding hydrogens is 375 g/mol. The first-order valence-corrected chi connectivity index (χ1v) is 8.14. The van der Waals surface area contributed by atoms with Crippen LogP contribution >= 0.6 is 15.9 Å². The highest BCUT2D eigenvalue weighted by Gasteiger charge is 2.16. The number of hydrogen-bond acceptors (Lipinski definition) is 2. The lowest BCUT2D eigenvalue weighted by Crippen LogP contribution is -2.40. The summed E-state index contributed by atoms with van der Waals surface area (Å²) in [7, 11) is 0. The van der Waals surface area contributed by atoms with Gasteiger partial charge in [0.05, 0.1) is 5.56 Å². The van der Waals surface area contributed by atoms with Gasteiger partial charge in [0, 0.05) is 21.3 Å². The van der Waals surface area contributed by atoms with Crippen molar-refractivity contribution < 1.29 is 14.0 Å². The van der Waals surface area contributed by atoms with Gasteiger partial charge >= 0.3 is 0 Å². The zero-order chi connectivity index (χ0) is 17.9. The standard InChI is InChI=1S/C18H18BrFN2O2/c1-18(2,3)22-16(23)11-4-7-13(8-5-11)21-17(24)14-10-12(19)6-9-15(14)20/h4-10H,1-3H3,(H,21,24)(H,22,23). The van der Waals surface area contributed by atoms with E-state index in [1.54, 1.807) is 24.3 Å². The topological polar surface area (TPSA) is 58.2 Å². The van der Waals surface area contributed by atoms with Crippen molar-refractivity contribution in [3.8, 4) is 0 Å². The molecule has 0 aliphatic rings. The fraction of sp³-hybridized carbons (Fsp3) is 0.222. The maximum Gasteiger partial charge on any atom is 0.258 e. The van der Waals surface area contributed by atoms with Crippen LogP contribution in [-0.4, -0.2) is 17.4 Å². The Bertz CT molecular complexity index is 768.